The Morgan fingerprint density at radius 2 is 1.08 bits per heavy atom. The average molecular weight is 238 g/mol. The minimum Gasteiger partial charge on any atom is -0.550 e. The topological polar surface area (TPSA) is 80.3 Å². The molecule has 0 N–H and O–H groups in total. The van der Waals surface area contributed by atoms with Crippen LogP contribution >= 0.6 is 0 Å². The Morgan fingerprint density at radius 3 is 1.08 bits per heavy atom. The monoisotopic (exact) mass is 238 g/mol. The molecule has 0 bridgehead atoms. The van der Waals surface area contributed by atoms with Gasteiger partial charge in [-0.1, -0.05) is 20.8 Å². The fourth-order valence-corrected chi connectivity index (χ4v) is 0. The van der Waals surface area contributed by atoms with Gasteiger partial charge in [0.15, 0.2) is 0 Å². The molecule has 0 fully saturated rings. The van der Waals surface area contributed by atoms with Crippen molar-refractivity contribution < 1.29 is 123 Å². The van der Waals surface area contributed by atoms with E-state index in [9.17, 15) is 9.90 Å². The van der Waals surface area contributed by atoms with Crippen molar-refractivity contribution in [1.82, 2.24) is 0 Å². The molecule has 66 valence electrons. The van der Waals surface area contributed by atoms with Crippen molar-refractivity contribution >= 4 is 11.9 Å². The molecule has 0 aliphatic carbocycles. The first-order chi connectivity index (χ1) is 4.68. The zero-order chi connectivity index (χ0) is 9.65. The molecule has 13 heavy (non-hydrogen) atoms. The van der Waals surface area contributed by atoms with Gasteiger partial charge in [-0.15, -0.1) is 0 Å². The third-order valence-corrected chi connectivity index (χ3v) is 0.612. The molecule has 0 aromatic carbocycles. The molecule has 0 saturated carbocycles. The number of carboxylic acids is 2. The standard InChI is InChI=1S/C5H10O2.C2H4O2.2K/c1-5(2,3)4(6)7;1-2(3)4;;/h1-3H3,(H,6,7);1H3,(H,3,4);;/q;;2*+1/p-2. The Bertz CT molecular complexity index is 147. The molecule has 0 saturated heterocycles. The summed E-state index contributed by atoms with van der Waals surface area (Å²) in [7, 11) is 0. The van der Waals surface area contributed by atoms with Gasteiger partial charge in [0, 0.05) is 17.4 Å². The maximum Gasteiger partial charge on any atom is 1.00 e. The minimum atomic E-state index is -1.08. The zero-order valence-electron chi connectivity index (χ0n) is 9.13. The third-order valence-electron chi connectivity index (χ3n) is 0.612. The van der Waals surface area contributed by atoms with E-state index in [0.717, 1.165) is 6.92 Å². The fraction of sp³-hybridized carbons (Fsp3) is 0.714. The van der Waals surface area contributed by atoms with Crippen molar-refractivity contribution in [2.45, 2.75) is 27.7 Å². The van der Waals surface area contributed by atoms with Gasteiger partial charge in [0.25, 0.3) is 0 Å². The molecule has 6 heteroatoms. The fourth-order valence-electron chi connectivity index (χ4n) is 0. The summed E-state index contributed by atoms with van der Waals surface area (Å²) in [6, 6.07) is 0. The number of carboxylic acid groups (broad SMARTS) is 2. The molecule has 0 unspecified atom stereocenters. The van der Waals surface area contributed by atoms with E-state index in [2.05, 4.69) is 0 Å². The van der Waals surface area contributed by atoms with Crippen LogP contribution < -0.4 is 113 Å². The average Bonchev–Trinajstić information content (AvgIpc) is 1.59. The molecular formula is C7H12K2O4. The summed E-state index contributed by atoms with van der Waals surface area (Å²) >= 11 is 0. The van der Waals surface area contributed by atoms with Crippen molar-refractivity contribution in [3.8, 4) is 0 Å². The first-order valence-electron chi connectivity index (χ1n) is 3.07. The molecule has 0 aromatic rings. The molecule has 0 atom stereocenters. The summed E-state index contributed by atoms with van der Waals surface area (Å²) in [4.78, 5) is 18.8. The molecule has 0 amide bonds. The van der Waals surface area contributed by atoms with Gasteiger partial charge in [-0.05, 0) is 6.92 Å². The van der Waals surface area contributed by atoms with E-state index in [0.29, 0.717) is 0 Å². The van der Waals surface area contributed by atoms with Crippen LogP contribution in [0, 0.1) is 5.41 Å². The van der Waals surface area contributed by atoms with Gasteiger partial charge in [-0.2, -0.15) is 0 Å². The predicted molar refractivity (Wildman–Crippen MR) is 35.1 cm³/mol. The van der Waals surface area contributed by atoms with E-state index < -0.39 is 17.4 Å². The van der Waals surface area contributed by atoms with Gasteiger partial charge in [0.2, 0.25) is 0 Å². The molecule has 0 aliphatic heterocycles. The van der Waals surface area contributed by atoms with Gasteiger partial charge in [0.05, 0.1) is 0 Å². The van der Waals surface area contributed by atoms with Crippen LogP contribution in [-0.4, -0.2) is 11.9 Å². The SMILES string of the molecule is CC(=O)[O-].CC(C)(C)C(=O)[O-].[K+].[K+]. The van der Waals surface area contributed by atoms with Crippen molar-refractivity contribution in [3.05, 3.63) is 0 Å². The molecule has 0 heterocycles. The van der Waals surface area contributed by atoms with Crippen LogP contribution in [-0.2, 0) is 9.59 Å². The quantitative estimate of drug-likeness (QED) is 0.393. The number of hydrogen-bond acceptors (Lipinski definition) is 4. The van der Waals surface area contributed by atoms with E-state index in [1.54, 1.807) is 20.8 Å². The number of carbonyl (C=O) groups is 2. The Balaban J connectivity index is -0.0000000600. The van der Waals surface area contributed by atoms with E-state index in [-0.39, 0.29) is 103 Å². The van der Waals surface area contributed by atoms with Gasteiger partial charge < -0.3 is 19.8 Å². The van der Waals surface area contributed by atoms with Gasteiger partial charge in [-0.25, -0.2) is 0 Å². The number of rotatable bonds is 0. The van der Waals surface area contributed by atoms with Crippen LogP contribution in [0.25, 0.3) is 0 Å². The van der Waals surface area contributed by atoms with Crippen molar-refractivity contribution in [2.24, 2.45) is 5.41 Å². The zero-order valence-corrected chi connectivity index (χ0v) is 15.4. The predicted octanol–water partition coefficient (Wildman–Crippen LogP) is -7.45. The van der Waals surface area contributed by atoms with E-state index in [4.69, 9.17) is 9.90 Å². The summed E-state index contributed by atoms with van der Waals surface area (Å²) < 4.78 is 0. The Morgan fingerprint density at radius 1 is 1.00 bits per heavy atom. The van der Waals surface area contributed by atoms with E-state index >= 15 is 0 Å². The molecule has 0 radical (unpaired) electrons. The van der Waals surface area contributed by atoms with Crippen LogP contribution in [0.5, 0.6) is 0 Å². The van der Waals surface area contributed by atoms with E-state index in [1.807, 2.05) is 0 Å². The number of hydrogen-bond donors (Lipinski definition) is 0. The summed E-state index contributed by atoms with van der Waals surface area (Å²) in [5.41, 5.74) is -0.694. The molecular weight excluding hydrogens is 226 g/mol. The molecule has 0 aliphatic rings. The van der Waals surface area contributed by atoms with Crippen molar-refractivity contribution in [1.29, 1.82) is 0 Å². The normalized spacial score (nSPS) is 8.00. The van der Waals surface area contributed by atoms with Crippen molar-refractivity contribution in [3.63, 3.8) is 0 Å². The summed E-state index contributed by atoms with van der Waals surface area (Å²) in [6.45, 7) is 5.77. The second-order valence-electron chi connectivity index (χ2n) is 3.03. The Hall–Kier alpha value is 2.21. The maximum atomic E-state index is 9.91. The third kappa shape index (κ3) is 31.4. The molecule has 0 rings (SSSR count). The second-order valence-corrected chi connectivity index (χ2v) is 3.03. The number of carbonyl (C=O) groups excluding carboxylic acids is 2. The van der Waals surface area contributed by atoms with Crippen LogP contribution in [0.2, 0.25) is 0 Å². The summed E-state index contributed by atoms with van der Waals surface area (Å²) in [5.74, 6) is -2.09. The van der Waals surface area contributed by atoms with Crippen LogP contribution in [0.3, 0.4) is 0 Å². The molecule has 4 nitrogen and oxygen atoms in total. The first-order valence-corrected chi connectivity index (χ1v) is 3.07. The second kappa shape index (κ2) is 12.3. The first kappa shape index (κ1) is 24.4. The summed E-state index contributed by atoms with van der Waals surface area (Å²) in [6.07, 6.45) is 0. The summed E-state index contributed by atoms with van der Waals surface area (Å²) in [5, 5.41) is 18.8. The Labute approximate surface area is 164 Å². The minimum absolute atomic E-state index is 0. The van der Waals surface area contributed by atoms with E-state index in [1.165, 1.54) is 0 Å². The van der Waals surface area contributed by atoms with Crippen LogP contribution in [0.4, 0.5) is 0 Å². The largest absolute Gasteiger partial charge is 1.00 e. The van der Waals surface area contributed by atoms with Gasteiger partial charge in [0.1, 0.15) is 0 Å². The van der Waals surface area contributed by atoms with Crippen molar-refractivity contribution in [2.75, 3.05) is 0 Å². The smallest absolute Gasteiger partial charge is 0.550 e. The van der Waals surface area contributed by atoms with Crippen LogP contribution in [0.15, 0.2) is 0 Å². The molecule has 0 aromatic heterocycles. The van der Waals surface area contributed by atoms with Gasteiger partial charge in [-0.3, -0.25) is 0 Å². The number of aliphatic carboxylic acids is 2. The van der Waals surface area contributed by atoms with Gasteiger partial charge >= 0.3 is 103 Å². The van der Waals surface area contributed by atoms with Crippen LogP contribution in [0.1, 0.15) is 27.7 Å². The molecule has 0 spiro atoms. The maximum absolute atomic E-state index is 9.91. The Kier molecular flexibility index (Phi) is 23.1.